The van der Waals surface area contributed by atoms with Crippen molar-refractivity contribution in [2.24, 2.45) is 0 Å². The minimum Gasteiger partial charge on any atom is -0.507 e. The monoisotopic (exact) mass is 820 g/mol. The lowest BCUT2D eigenvalue weighted by molar-refractivity contribution is -0.146. The molecule has 0 spiro atoms. The molecule has 0 aliphatic heterocycles. The van der Waals surface area contributed by atoms with Crippen LogP contribution in [0.4, 0.5) is 0 Å². The molecule has 0 saturated carbocycles. The Morgan fingerprint density at radius 2 is 0.650 bits per heavy atom. The van der Waals surface area contributed by atoms with Crippen LogP contribution in [0.2, 0.25) is 0 Å². The van der Waals surface area contributed by atoms with E-state index in [1.54, 1.807) is 13.8 Å². The van der Waals surface area contributed by atoms with Crippen molar-refractivity contribution in [3.63, 3.8) is 0 Å². The molecule has 0 atom stereocenters. The summed E-state index contributed by atoms with van der Waals surface area (Å²) < 4.78 is 23.7. The fourth-order valence-corrected chi connectivity index (χ4v) is 7.68. The highest BCUT2D eigenvalue weighted by atomic mass is 16.6. The predicted molar refractivity (Wildman–Crippen MR) is 239 cm³/mol. The molecule has 2 N–H and O–H groups in total. The Morgan fingerprint density at radius 1 is 0.433 bits per heavy atom. The molecule has 60 heavy (non-hydrogen) atoms. The van der Waals surface area contributed by atoms with Crippen LogP contribution in [0.15, 0.2) is 48.5 Å². The van der Waals surface area contributed by atoms with Crippen LogP contribution in [-0.2, 0) is 66.4 Å². The van der Waals surface area contributed by atoms with Crippen molar-refractivity contribution >= 4 is 11.9 Å². The van der Waals surface area contributed by atoms with Crippen LogP contribution in [0.25, 0.3) is 0 Å². The lowest BCUT2D eigenvalue weighted by atomic mass is 9.79. The van der Waals surface area contributed by atoms with Gasteiger partial charge in [0.25, 0.3) is 0 Å². The number of hydrogen-bond acceptors (Lipinski definition) is 8. The molecular weight excluding hydrogens is 753 g/mol. The van der Waals surface area contributed by atoms with Gasteiger partial charge in [-0.3, -0.25) is 0 Å². The molecular formula is C52H68O8. The van der Waals surface area contributed by atoms with Crippen LogP contribution >= 0.6 is 0 Å². The molecule has 1 aliphatic carbocycles. The Hall–Kier alpha value is -4.98. The van der Waals surface area contributed by atoms with E-state index in [0.717, 1.165) is 44.5 Å². The molecule has 324 valence electrons. The highest BCUT2D eigenvalue weighted by Gasteiger charge is 2.29. The SMILES string of the molecule is CCOC(=O)COc1c2cc(C(C)(C)C)cc1Cc1cc(C(C)(C)C)cc(c1OCC(=O)OCC)Cc1cc(C(C)(C)C)cc(c1O)Cc1cc(C(C)(C)C)cc(c1O)C2. The zero-order valence-electron chi connectivity index (χ0n) is 38.6. The van der Waals surface area contributed by atoms with E-state index < -0.39 is 11.9 Å². The second kappa shape index (κ2) is 17.6. The van der Waals surface area contributed by atoms with E-state index in [-0.39, 0.29) is 66.0 Å². The quantitative estimate of drug-likeness (QED) is 0.149. The Bertz CT molecular complexity index is 2080. The number of carbonyl (C=O) groups excluding carboxylic acids is 2. The van der Waals surface area contributed by atoms with E-state index >= 15 is 0 Å². The molecule has 0 heterocycles. The summed E-state index contributed by atoms with van der Waals surface area (Å²) in [5.74, 6) is 0.408. The van der Waals surface area contributed by atoms with E-state index in [0.29, 0.717) is 53.0 Å². The number of rotatable bonds is 8. The lowest BCUT2D eigenvalue weighted by Crippen LogP contribution is -2.20. The van der Waals surface area contributed by atoms with Crippen molar-refractivity contribution in [3.05, 3.63) is 115 Å². The molecule has 0 aromatic heterocycles. The van der Waals surface area contributed by atoms with Crippen LogP contribution < -0.4 is 9.47 Å². The van der Waals surface area contributed by atoms with Crippen molar-refractivity contribution < 1.29 is 38.7 Å². The van der Waals surface area contributed by atoms with Gasteiger partial charge in [-0.15, -0.1) is 0 Å². The second-order valence-corrected chi connectivity index (χ2v) is 20.4. The van der Waals surface area contributed by atoms with Gasteiger partial charge in [-0.2, -0.15) is 0 Å². The summed E-state index contributed by atoms with van der Waals surface area (Å²) in [4.78, 5) is 25.9. The zero-order chi connectivity index (χ0) is 44.5. The van der Waals surface area contributed by atoms with Crippen LogP contribution in [0, 0.1) is 0 Å². The number of fused-ring (bicyclic) bond motifs is 8. The Kier molecular flexibility index (Phi) is 13.5. The molecule has 0 unspecified atom stereocenters. The molecule has 0 fully saturated rings. The third kappa shape index (κ3) is 10.8. The Labute approximate surface area is 358 Å². The first-order chi connectivity index (χ1) is 27.8. The molecule has 0 radical (unpaired) electrons. The van der Waals surface area contributed by atoms with Crippen LogP contribution in [0.3, 0.4) is 0 Å². The van der Waals surface area contributed by atoms with Gasteiger partial charge in [-0.25, -0.2) is 9.59 Å². The standard InChI is InChI=1S/C52H68O8/c1-15-57-43(53)29-59-47-35-18-33-23-39(49(3,4)5)21-31(45(33)55)17-32-22-40(50(6,7)8)24-34(46(32)56)19-36-26-42(52(12,13)14)28-38(48(36)60-30-44(54)58-16-2)20-37(47)27-41(25-35)51(9,10)11/h21-28,55-56H,15-20,29-30H2,1-14H3. The Balaban J connectivity index is 1.95. The zero-order valence-corrected chi connectivity index (χ0v) is 38.6. The van der Waals surface area contributed by atoms with Crippen molar-refractivity contribution in [3.8, 4) is 23.0 Å². The van der Waals surface area contributed by atoms with Crippen LogP contribution in [0.1, 0.15) is 164 Å². The summed E-state index contributed by atoms with van der Waals surface area (Å²) in [6.45, 7) is 29.3. The smallest absolute Gasteiger partial charge is 0.344 e. The van der Waals surface area contributed by atoms with Gasteiger partial charge in [0.05, 0.1) is 13.2 Å². The molecule has 8 heteroatoms. The fraction of sp³-hybridized carbons (Fsp3) is 0.500. The largest absolute Gasteiger partial charge is 0.507 e. The first kappa shape index (κ1) is 46.1. The summed E-state index contributed by atoms with van der Waals surface area (Å²) in [7, 11) is 0. The first-order valence-corrected chi connectivity index (χ1v) is 21.4. The molecule has 8 bridgehead atoms. The molecule has 4 aromatic carbocycles. The number of phenolic OH excluding ortho intramolecular Hbond substituents is 2. The summed E-state index contributed by atoms with van der Waals surface area (Å²) in [5, 5.41) is 24.6. The second-order valence-electron chi connectivity index (χ2n) is 20.4. The predicted octanol–water partition coefficient (Wildman–Crippen LogP) is 10.8. The fourth-order valence-electron chi connectivity index (χ4n) is 7.68. The summed E-state index contributed by atoms with van der Waals surface area (Å²) >= 11 is 0. The third-order valence-corrected chi connectivity index (χ3v) is 11.3. The van der Waals surface area contributed by atoms with E-state index in [2.05, 4.69) is 132 Å². The summed E-state index contributed by atoms with van der Waals surface area (Å²) in [6.07, 6.45) is 1.21. The average Bonchev–Trinajstić information content (AvgIpc) is 3.11. The van der Waals surface area contributed by atoms with Gasteiger partial charge in [0.1, 0.15) is 23.0 Å². The van der Waals surface area contributed by atoms with Crippen LogP contribution in [0.5, 0.6) is 23.0 Å². The number of benzene rings is 4. The number of ether oxygens (including phenoxy) is 4. The van der Waals surface area contributed by atoms with Crippen LogP contribution in [-0.4, -0.2) is 48.6 Å². The number of hydrogen-bond donors (Lipinski definition) is 2. The van der Waals surface area contributed by atoms with E-state index in [1.165, 1.54) is 0 Å². The maximum atomic E-state index is 12.9. The molecule has 8 nitrogen and oxygen atoms in total. The van der Waals surface area contributed by atoms with Crippen molar-refractivity contribution in [1.82, 2.24) is 0 Å². The van der Waals surface area contributed by atoms with E-state index in [4.69, 9.17) is 18.9 Å². The molecule has 5 rings (SSSR count). The molecule has 4 aromatic rings. The highest BCUT2D eigenvalue weighted by molar-refractivity contribution is 5.72. The number of carbonyl (C=O) groups is 2. The maximum Gasteiger partial charge on any atom is 0.344 e. The van der Waals surface area contributed by atoms with Gasteiger partial charge in [0.15, 0.2) is 13.2 Å². The molecule has 0 saturated heterocycles. The van der Waals surface area contributed by atoms with Gasteiger partial charge in [-0.1, -0.05) is 132 Å². The normalized spacial score (nSPS) is 13.4. The number of aromatic hydroxyl groups is 2. The minimum atomic E-state index is -0.484. The first-order valence-electron chi connectivity index (χ1n) is 21.4. The van der Waals surface area contributed by atoms with Gasteiger partial charge >= 0.3 is 11.9 Å². The van der Waals surface area contributed by atoms with Gasteiger partial charge < -0.3 is 29.2 Å². The van der Waals surface area contributed by atoms with E-state index in [9.17, 15) is 19.8 Å². The van der Waals surface area contributed by atoms with Crippen molar-refractivity contribution in [2.45, 2.75) is 144 Å². The van der Waals surface area contributed by atoms with Gasteiger partial charge in [0.2, 0.25) is 0 Å². The highest BCUT2D eigenvalue weighted by Crippen LogP contribution is 2.43. The van der Waals surface area contributed by atoms with E-state index in [1.807, 2.05) is 0 Å². The third-order valence-electron chi connectivity index (χ3n) is 11.3. The summed E-state index contributed by atoms with van der Waals surface area (Å²) in [6, 6.07) is 16.8. The van der Waals surface area contributed by atoms with Crippen molar-refractivity contribution in [1.29, 1.82) is 0 Å². The number of phenols is 2. The van der Waals surface area contributed by atoms with Gasteiger partial charge in [0, 0.05) is 25.7 Å². The number of esters is 2. The lowest BCUT2D eigenvalue weighted by Gasteiger charge is -2.28. The Morgan fingerprint density at radius 3 is 0.883 bits per heavy atom. The minimum absolute atomic E-state index is 0.158. The summed E-state index contributed by atoms with van der Waals surface area (Å²) in [5.41, 5.74) is 9.21. The average molecular weight is 821 g/mol. The molecule has 1 aliphatic rings. The topological polar surface area (TPSA) is 112 Å². The molecule has 0 amide bonds. The van der Waals surface area contributed by atoms with Crippen molar-refractivity contribution in [2.75, 3.05) is 26.4 Å². The van der Waals surface area contributed by atoms with Gasteiger partial charge in [-0.05, 0) is 102 Å². The maximum absolute atomic E-state index is 12.9.